The van der Waals surface area contributed by atoms with Crippen LogP contribution < -0.4 is 0 Å². The van der Waals surface area contributed by atoms with E-state index in [-0.39, 0.29) is 5.57 Å². The minimum atomic E-state index is -1.02. The molecule has 0 atom stereocenters. The third-order valence-electron chi connectivity index (χ3n) is 1.39. The average Bonchev–Trinajstić information content (AvgIpc) is 2.28. The minimum Gasteiger partial charge on any atom is -0.478 e. The summed E-state index contributed by atoms with van der Waals surface area (Å²) in [5.41, 5.74) is 0.491. The fourth-order valence-corrected chi connectivity index (χ4v) is 0.775. The van der Waals surface area contributed by atoms with Gasteiger partial charge in [0.1, 0.15) is 0 Å². The van der Waals surface area contributed by atoms with Gasteiger partial charge in [0.25, 0.3) is 0 Å². The van der Waals surface area contributed by atoms with Crippen LogP contribution in [0.1, 0.15) is 0 Å². The molecule has 1 aliphatic rings. The molecule has 0 bridgehead atoms. The predicted octanol–water partition coefficient (Wildman–Crippen LogP) is 1.98. The molecular formula is C9H7FO2. The smallest absolute Gasteiger partial charge is 0.335 e. The Morgan fingerprint density at radius 1 is 1.42 bits per heavy atom. The number of aliphatic carboxylic acids is 1. The van der Waals surface area contributed by atoms with Gasteiger partial charge < -0.3 is 5.11 Å². The van der Waals surface area contributed by atoms with Crippen LogP contribution in [0.4, 0.5) is 4.39 Å². The van der Waals surface area contributed by atoms with Crippen LogP contribution in [0.3, 0.4) is 0 Å². The van der Waals surface area contributed by atoms with Crippen molar-refractivity contribution in [3.63, 3.8) is 0 Å². The summed E-state index contributed by atoms with van der Waals surface area (Å²) >= 11 is 0. The van der Waals surface area contributed by atoms with Crippen LogP contribution >= 0.6 is 0 Å². The van der Waals surface area contributed by atoms with Crippen molar-refractivity contribution in [1.82, 2.24) is 0 Å². The first-order chi connectivity index (χ1) is 5.74. The van der Waals surface area contributed by atoms with Crippen molar-refractivity contribution in [3.8, 4) is 0 Å². The maximum atomic E-state index is 12.0. The van der Waals surface area contributed by atoms with E-state index < -0.39 is 5.97 Å². The molecule has 62 valence electrons. The summed E-state index contributed by atoms with van der Waals surface area (Å²) in [6.07, 6.45) is 7.58. The maximum Gasteiger partial charge on any atom is 0.335 e. The number of hydrogen-bond acceptors (Lipinski definition) is 1. The third kappa shape index (κ3) is 1.92. The average molecular weight is 166 g/mol. The highest BCUT2D eigenvalue weighted by Crippen LogP contribution is 2.09. The number of carbonyl (C=O) groups is 1. The van der Waals surface area contributed by atoms with E-state index in [4.69, 9.17) is 5.11 Å². The highest BCUT2D eigenvalue weighted by Gasteiger charge is 2.02. The largest absolute Gasteiger partial charge is 0.478 e. The molecule has 12 heavy (non-hydrogen) atoms. The molecule has 0 saturated carbocycles. The number of carboxylic acid groups (broad SMARTS) is 1. The summed E-state index contributed by atoms with van der Waals surface area (Å²) in [5.74, 6) is -1.02. The Morgan fingerprint density at radius 3 is 2.75 bits per heavy atom. The summed E-state index contributed by atoms with van der Waals surface area (Å²) in [4.78, 5) is 10.4. The second-order valence-electron chi connectivity index (χ2n) is 2.23. The van der Waals surface area contributed by atoms with E-state index in [0.717, 1.165) is 0 Å². The van der Waals surface area contributed by atoms with Gasteiger partial charge in [-0.3, -0.25) is 0 Å². The van der Waals surface area contributed by atoms with Crippen molar-refractivity contribution in [3.05, 3.63) is 47.9 Å². The molecule has 0 fully saturated rings. The molecule has 0 aromatic rings. The zero-order chi connectivity index (χ0) is 8.97. The van der Waals surface area contributed by atoms with Crippen LogP contribution in [0.2, 0.25) is 0 Å². The first kappa shape index (κ1) is 8.46. The lowest BCUT2D eigenvalue weighted by Gasteiger charge is -1.88. The molecule has 1 rings (SSSR count). The quantitative estimate of drug-likeness (QED) is 0.646. The number of hydrogen-bond donors (Lipinski definition) is 1. The van der Waals surface area contributed by atoms with Crippen molar-refractivity contribution in [1.29, 1.82) is 0 Å². The highest BCUT2D eigenvalue weighted by atomic mass is 19.1. The van der Waals surface area contributed by atoms with Crippen LogP contribution in [0, 0.1) is 0 Å². The van der Waals surface area contributed by atoms with E-state index in [1.54, 1.807) is 0 Å². The first-order valence-corrected chi connectivity index (χ1v) is 3.34. The number of allylic oxidation sites excluding steroid dienone is 5. The predicted molar refractivity (Wildman–Crippen MR) is 43.2 cm³/mol. The zero-order valence-corrected chi connectivity index (χ0v) is 6.20. The molecule has 1 N–H and O–H groups in total. The highest BCUT2D eigenvalue weighted by molar-refractivity contribution is 5.90. The van der Waals surface area contributed by atoms with Crippen molar-refractivity contribution in [2.45, 2.75) is 0 Å². The van der Waals surface area contributed by atoms with Crippen LogP contribution in [-0.2, 0) is 4.79 Å². The molecule has 0 radical (unpaired) electrons. The lowest BCUT2D eigenvalue weighted by molar-refractivity contribution is -0.132. The lowest BCUT2D eigenvalue weighted by atomic mass is 10.2. The second kappa shape index (κ2) is 3.67. The van der Waals surface area contributed by atoms with Gasteiger partial charge in [-0.1, -0.05) is 18.2 Å². The number of rotatable bonds is 1. The van der Waals surface area contributed by atoms with Crippen molar-refractivity contribution >= 4 is 5.97 Å². The summed E-state index contributed by atoms with van der Waals surface area (Å²) in [6.45, 7) is 0. The molecule has 3 heteroatoms. The number of carboxylic acids is 1. The minimum absolute atomic E-state index is 0.142. The molecule has 0 heterocycles. The van der Waals surface area contributed by atoms with Crippen LogP contribution in [-0.4, -0.2) is 11.1 Å². The Bertz CT molecular complexity index is 308. The van der Waals surface area contributed by atoms with Gasteiger partial charge in [-0.25, -0.2) is 9.18 Å². The fraction of sp³-hybridized carbons (Fsp3) is 0. The molecule has 0 spiro atoms. The standard InChI is InChI=1S/C9H7FO2/c10-6-7-2-1-3-8(5-4-7)9(11)12/h1-6H,(H,11,12)/b7-6+. The zero-order valence-electron chi connectivity index (χ0n) is 6.20. The summed E-state index contributed by atoms with van der Waals surface area (Å²) in [7, 11) is 0. The monoisotopic (exact) mass is 166 g/mol. The Kier molecular flexibility index (Phi) is 2.58. The van der Waals surface area contributed by atoms with Gasteiger partial charge in [-0.15, -0.1) is 0 Å². The molecule has 0 aromatic carbocycles. The van der Waals surface area contributed by atoms with E-state index in [2.05, 4.69) is 0 Å². The second-order valence-corrected chi connectivity index (χ2v) is 2.23. The summed E-state index contributed by atoms with van der Waals surface area (Å²) < 4.78 is 12.0. The Morgan fingerprint density at radius 2 is 2.17 bits per heavy atom. The normalized spacial score (nSPS) is 19.1. The Balaban J connectivity index is 2.93. The van der Waals surface area contributed by atoms with Gasteiger partial charge in [0, 0.05) is 5.57 Å². The molecule has 0 aromatic heterocycles. The van der Waals surface area contributed by atoms with Crippen LogP contribution in [0.25, 0.3) is 0 Å². The molecule has 0 amide bonds. The molecule has 2 nitrogen and oxygen atoms in total. The van der Waals surface area contributed by atoms with Gasteiger partial charge >= 0.3 is 5.97 Å². The molecule has 0 saturated heterocycles. The van der Waals surface area contributed by atoms with E-state index in [1.165, 1.54) is 30.4 Å². The third-order valence-corrected chi connectivity index (χ3v) is 1.39. The van der Waals surface area contributed by atoms with E-state index in [1.807, 2.05) is 0 Å². The van der Waals surface area contributed by atoms with E-state index in [0.29, 0.717) is 11.9 Å². The van der Waals surface area contributed by atoms with Gasteiger partial charge in [-0.2, -0.15) is 0 Å². The molecular weight excluding hydrogens is 159 g/mol. The number of halogens is 1. The maximum absolute atomic E-state index is 12.0. The van der Waals surface area contributed by atoms with Crippen molar-refractivity contribution in [2.24, 2.45) is 0 Å². The van der Waals surface area contributed by atoms with Gasteiger partial charge in [0.05, 0.1) is 11.9 Å². The SMILES string of the molecule is O=C(O)C1=CC=C/C(=C\F)C=C1. The van der Waals surface area contributed by atoms with E-state index in [9.17, 15) is 9.18 Å². The fourth-order valence-electron chi connectivity index (χ4n) is 0.775. The van der Waals surface area contributed by atoms with Gasteiger partial charge in [-0.05, 0) is 12.2 Å². The van der Waals surface area contributed by atoms with E-state index >= 15 is 0 Å². The first-order valence-electron chi connectivity index (χ1n) is 3.34. The Hall–Kier alpha value is -1.64. The van der Waals surface area contributed by atoms with Crippen molar-refractivity contribution in [2.75, 3.05) is 0 Å². The van der Waals surface area contributed by atoms with Crippen molar-refractivity contribution < 1.29 is 14.3 Å². The Labute approximate surface area is 69.0 Å². The molecule has 0 aliphatic heterocycles. The summed E-state index contributed by atoms with van der Waals surface area (Å²) in [6, 6.07) is 0. The van der Waals surface area contributed by atoms with Gasteiger partial charge in [0.15, 0.2) is 0 Å². The lowest BCUT2D eigenvalue weighted by Crippen LogP contribution is -1.96. The van der Waals surface area contributed by atoms with Gasteiger partial charge in [0.2, 0.25) is 0 Å². The van der Waals surface area contributed by atoms with Crippen LogP contribution in [0.15, 0.2) is 47.9 Å². The topological polar surface area (TPSA) is 37.3 Å². The summed E-state index contributed by atoms with van der Waals surface area (Å²) in [5, 5.41) is 8.56. The molecule has 0 unspecified atom stereocenters. The van der Waals surface area contributed by atoms with Crippen LogP contribution in [0.5, 0.6) is 0 Å². The molecule has 1 aliphatic carbocycles.